The fourth-order valence-corrected chi connectivity index (χ4v) is 2.70. The average Bonchev–Trinajstić information content (AvgIpc) is 2.99. The third kappa shape index (κ3) is 4.29. The van der Waals surface area contributed by atoms with Gasteiger partial charge in [0.2, 0.25) is 0 Å². The van der Waals surface area contributed by atoms with Crippen LogP contribution in [0.25, 0.3) is 11.0 Å². The van der Waals surface area contributed by atoms with Crippen LogP contribution in [0, 0.1) is 0 Å². The number of nitrogens with one attached hydrogen (secondary N) is 1. The highest BCUT2D eigenvalue weighted by Crippen LogP contribution is 2.25. The molecule has 3 aromatic rings. The van der Waals surface area contributed by atoms with Gasteiger partial charge in [-0.3, -0.25) is 9.59 Å². The molecule has 0 bridgehead atoms. The molecular weight excluding hydrogens is 365 g/mol. The number of halogens is 2. The number of fused-ring (bicyclic) bond motifs is 1. The van der Waals surface area contributed by atoms with Crippen molar-refractivity contribution in [3.05, 3.63) is 58.8 Å². The lowest BCUT2D eigenvalue weighted by Crippen LogP contribution is -2.23. The van der Waals surface area contributed by atoms with Gasteiger partial charge >= 0.3 is 5.97 Å². The second kappa shape index (κ2) is 7.55. The highest BCUT2D eigenvalue weighted by atomic mass is 35.5. The lowest BCUT2D eigenvalue weighted by molar-refractivity contribution is -0.147. The van der Waals surface area contributed by atoms with Gasteiger partial charge in [0.25, 0.3) is 5.91 Å². The van der Waals surface area contributed by atoms with E-state index in [1.807, 2.05) is 24.3 Å². The summed E-state index contributed by atoms with van der Waals surface area (Å²) in [4.78, 5) is 28.0. The van der Waals surface area contributed by atoms with E-state index >= 15 is 0 Å². The highest BCUT2D eigenvalue weighted by Gasteiger charge is 2.12. The van der Waals surface area contributed by atoms with Gasteiger partial charge in [-0.2, -0.15) is 0 Å². The number of nitrogens with zero attached hydrogens (tertiary/aromatic N) is 2. The molecule has 0 saturated carbocycles. The summed E-state index contributed by atoms with van der Waals surface area (Å²) in [6, 6.07) is 12.1. The summed E-state index contributed by atoms with van der Waals surface area (Å²) in [5.74, 6) is -1.03. The number of benzene rings is 2. The number of hydrogen-bond donors (Lipinski definition) is 1. The Balaban J connectivity index is 1.54. The van der Waals surface area contributed by atoms with Gasteiger partial charge in [0.05, 0.1) is 28.1 Å². The average molecular weight is 378 g/mol. The van der Waals surface area contributed by atoms with E-state index < -0.39 is 18.5 Å². The number of anilines is 1. The van der Waals surface area contributed by atoms with Crippen LogP contribution in [0.15, 0.2) is 48.8 Å². The molecule has 0 saturated heterocycles. The Morgan fingerprint density at radius 1 is 1.16 bits per heavy atom. The van der Waals surface area contributed by atoms with Crippen molar-refractivity contribution in [2.45, 2.75) is 6.54 Å². The van der Waals surface area contributed by atoms with E-state index in [4.69, 9.17) is 27.9 Å². The summed E-state index contributed by atoms with van der Waals surface area (Å²) < 4.78 is 6.65. The Kier molecular flexibility index (Phi) is 5.21. The zero-order valence-electron chi connectivity index (χ0n) is 12.9. The summed E-state index contributed by atoms with van der Waals surface area (Å²) in [7, 11) is 0. The number of carbonyl (C=O) groups excluding carboxylic acids is 2. The molecule has 25 heavy (non-hydrogen) atoms. The number of hydrogen-bond acceptors (Lipinski definition) is 4. The van der Waals surface area contributed by atoms with Crippen LogP contribution < -0.4 is 5.32 Å². The Labute approximate surface area is 153 Å². The predicted molar refractivity (Wildman–Crippen MR) is 95.8 cm³/mol. The van der Waals surface area contributed by atoms with Gasteiger partial charge in [0.15, 0.2) is 6.61 Å². The summed E-state index contributed by atoms with van der Waals surface area (Å²) >= 11 is 11.8. The van der Waals surface area contributed by atoms with Gasteiger partial charge in [0, 0.05) is 5.02 Å². The number of para-hydroxylation sites is 2. The molecule has 0 atom stereocenters. The quantitative estimate of drug-likeness (QED) is 0.690. The maximum Gasteiger partial charge on any atom is 0.326 e. The van der Waals surface area contributed by atoms with Crippen molar-refractivity contribution in [1.82, 2.24) is 9.55 Å². The second-order valence-electron chi connectivity index (χ2n) is 5.19. The minimum atomic E-state index is -0.541. The van der Waals surface area contributed by atoms with Crippen LogP contribution in [-0.4, -0.2) is 28.0 Å². The molecule has 0 fully saturated rings. The van der Waals surface area contributed by atoms with E-state index in [1.165, 1.54) is 6.07 Å². The molecule has 128 valence electrons. The fourth-order valence-electron chi connectivity index (χ4n) is 2.24. The lowest BCUT2D eigenvalue weighted by Gasteiger charge is -2.09. The molecule has 8 heteroatoms. The molecular formula is C17H13Cl2N3O3. The molecule has 6 nitrogen and oxygen atoms in total. The van der Waals surface area contributed by atoms with E-state index in [9.17, 15) is 9.59 Å². The van der Waals surface area contributed by atoms with Crippen molar-refractivity contribution in [2.75, 3.05) is 11.9 Å². The zero-order valence-corrected chi connectivity index (χ0v) is 14.4. The van der Waals surface area contributed by atoms with Crippen LogP contribution in [0.1, 0.15) is 0 Å². The van der Waals surface area contributed by atoms with Crippen molar-refractivity contribution in [3.63, 3.8) is 0 Å². The van der Waals surface area contributed by atoms with Crippen LogP contribution >= 0.6 is 23.2 Å². The van der Waals surface area contributed by atoms with Crippen molar-refractivity contribution in [1.29, 1.82) is 0 Å². The molecule has 1 N–H and O–H groups in total. The van der Waals surface area contributed by atoms with Crippen molar-refractivity contribution >= 4 is 51.8 Å². The third-order valence-electron chi connectivity index (χ3n) is 3.40. The van der Waals surface area contributed by atoms with Crippen LogP contribution in [0.3, 0.4) is 0 Å². The van der Waals surface area contributed by atoms with Crippen LogP contribution in [-0.2, 0) is 20.9 Å². The van der Waals surface area contributed by atoms with Crippen molar-refractivity contribution in [3.8, 4) is 0 Å². The smallest absolute Gasteiger partial charge is 0.326 e. The van der Waals surface area contributed by atoms with E-state index in [0.29, 0.717) is 15.7 Å². The Hall–Kier alpha value is -2.57. The molecule has 0 aliphatic carbocycles. The second-order valence-corrected chi connectivity index (χ2v) is 6.04. The Morgan fingerprint density at radius 3 is 2.76 bits per heavy atom. The Morgan fingerprint density at radius 2 is 1.96 bits per heavy atom. The van der Waals surface area contributed by atoms with Crippen LogP contribution in [0.4, 0.5) is 5.69 Å². The SMILES string of the molecule is O=C(COC(=O)Cn1cnc2ccccc21)Nc1ccc(Cl)cc1Cl. The molecule has 0 radical (unpaired) electrons. The summed E-state index contributed by atoms with van der Waals surface area (Å²) in [6.07, 6.45) is 1.56. The Bertz CT molecular complexity index is 940. The number of imidazole rings is 1. The van der Waals surface area contributed by atoms with E-state index in [2.05, 4.69) is 10.3 Å². The molecule has 1 aromatic heterocycles. The molecule has 1 amide bonds. The number of aromatic nitrogens is 2. The van der Waals surface area contributed by atoms with Gasteiger partial charge in [0.1, 0.15) is 6.54 Å². The summed E-state index contributed by atoms with van der Waals surface area (Å²) in [6.45, 7) is -0.445. The fraction of sp³-hybridized carbons (Fsp3) is 0.118. The molecule has 3 rings (SSSR count). The first-order valence-corrected chi connectivity index (χ1v) is 8.09. The van der Waals surface area contributed by atoms with Crippen molar-refractivity contribution < 1.29 is 14.3 Å². The number of amides is 1. The van der Waals surface area contributed by atoms with Crippen molar-refractivity contribution in [2.24, 2.45) is 0 Å². The van der Waals surface area contributed by atoms with E-state index in [-0.39, 0.29) is 6.54 Å². The molecule has 1 heterocycles. The van der Waals surface area contributed by atoms with Gasteiger partial charge in [-0.25, -0.2) is 4.98 Å². The first kappa shape index (κ1) is 17.3. The number of esters is 1. The van der Waals surface area contributed by atoms with E-state index in [0.717, 1.165) is 11.0 Å². The van der Waals surface area contributed by atoms with Gasteiger partial charge < -0.3 is 14.6 Å². The maximum absolute atomic E-state index is 11.9. The summed E-state index contributed by atoms with van der Waals surface area (Å²) in [5.41, 5.74) is 2.00. The lowest BCUT2D eigenvalue weighted by atomic mass is 10.3. The highest BCUT2D eigenvalue weighted by molar-refractivity contribution is 6.36. The summed E-state index contributed by atoms with van der Waals surface area (Å²) in [5, 5.41) is 3.32. The number of rotatable bonds is 5. The molecule has 2 aromatic carbocycles. The van der Waals surface area contributed by atoms with Gasteiger partial charge in [-0.15, -0.1) is 0 Å². The minimum absolute atomic E-state index is 0.0322. The normalized spacial score (nSPS) is 10.6. The topological polar surface area (TPSA) is 73.2 Å². The first-order chi connectivity index (χ1) is 12.0. The standard InChI is InChI=1S/C17H13Cl2N3O3/c18-11-5-6-13(12(19)7-11)21-16(23)9-25-17(24)8-22-10-20-14-3-1-2-4-15(14)22/h1-7,10H,8-9H2,(H,21,23). The van der Waals surface area contributed by atoms with Gasteiger partial charge in [-0.1, -0.05) is 35.3 Å². The zero-order chi connectivity index (χ0) is 17.8. The number of carbonyl (C=O) groups is 2. The molecule has 0 aliphatic heterocycles. The molecule has 0 spiro atoms. The monoisotopic (exact) mass is 377 g/mol. The maximum atomic E-state index is 11.9. The molecule has 0 unspecified atom stereocenters. The van der Waals surface area contributed by atoms with Crippen LogP contribution in [0.5, 0.6) is 0 Å². The largest absolute Gasteiger partial charge is 0.454 e. The third-order valence-corrected chi connectivity index (χ3v) is 3.94. The number of ether oxygens (including phenoxy) is 1. The predicted octanol–water partition coefficient (Wildman–Crippen LogP) is 3.53. The molecule has 0 aliphatic rings. The van der Waals surface area contributed by atoms with Gasteiger partial charge in [-0.05, 0) is 30.3 Å². The van der Waals surface area contributed by atoms with E-state index in [1.54, 1.807) is 23.0 Å². The minimum Gasteiger partial charge on any atom is -0.454 e. The first-order valence-electron chi connectivity index (χ1n) is 7.33. The van der Waals surface area contributed by atoms with Crippen LogP contribution in [0.2, 0.25) is 10.0 Å².